The van der Waals surface area contributed by atoms with Crippen molar-refractivity contribution in [2.45, 2.75) is 12.8 Å². The van der Waals surface area contributed by atoms with Crippen molar-refractivity contribution in [2.24, 2.45) is 0 Å². The van der Waals surface area contributed by atoms with Crippen molar-refractivity contribution in [3.63, 3.8) is 0 Å². The third-order valence-corrected chi connectivity index (χ3v) is 5.53. The zero-order chi connectivity index (χ0) is 21.8. The average Bonchev–Trinajstić information content (AvgIpc) is 3.53. The molecule has 11 heteroatoms. The summed E-state index contributed by atoms with van der Waals surface area (Å²) >= 11 is 1.25. The molecule has 0 aliphatic carbocycles. The van der Waals surface area contributed by atoms with Crippen LogP contribution >= 0.6 is 11.3 Å². The summed E-state index contributed by atoms with van der Waals surface area (Å²) in [5.41, 5.74) is 0.284. The topological polar surface area (TPSA) is 138 Å². The van der Waals surface area contributed by atoms with Gasteiger partial charge >= 0.3 is 0 Å². The number of nitrogens with one attached hydrogen (secondary N) is 1. The Labute approximate surface area is 180 Å². The lowest BCUT2D eigenvalue weighted by molar-refractivity contribution is -0.384. The number of nitro benzene ring substituents is 1. The van der Waals surface area contributed by atoms with Gasteiger partial charge in [0, 0.05) is 36.9 Å². The van der Waals surface area contributed by atoms with Gasteiger partial charge in [-0.05, 0) is 25.0 Å². The van der Waals surface area contributed by atoms with Gasteiger partial charge in [-0.1, -0.05) is 23.5 Å². The maximum absolute atomic E-state index is 12.5. The largest absolute Gasteiger partial charge is 0.457 e. The fourth-order valence-electron chi connectivity index (χ4n) is 3.12. The van der Waals surface area contributed by atoms with E-state index in [1.165, 1.54) is 29.5 Å². The third-order valence-electron chi connectivity index (χ3n) is 4.63. The summed E-state index contributed by atoms with van der Waals surface area (Å²) in [6.45, 7) is 1.83. The zero-order valence-corrected chi connectivity index (χ0v) is 17.0. The van der Waals surface area contributed by atoms with Crippen LogP contribution in [0.1, 0.15) is 18.6 Å². The lowest BCUT2D eigenvalue weighted by Crippen LogP contribution is -2.17. The first kappa shape index (κ1) is 20.2. The molecule has 1 N–H and O–H groups in total. The number of nitro groups is 1. The molecule has 0 atom stereocenters. The highest BCUT2D eigenvalue weighted by Gasteiger charge is 2.19. The molecule has 3 heterocycles. The van der Waals surface area contributed by atoms with Crippen LogP contribution in [0.2, 0.25) is 0 Å². The number of carbonyl (C=O) groups is 1. The Morgan fingerprint density at radius 2 is 2.10 bits per heavy atom. The van der Waals surface area contributed by atoms with E-state index in [-0.39, 0.29) is 17.0 Å². The van der Waals surface area contributed by atoms with E-state index >= 15 is 0 Å². The van der Waals surface area contributed by atoms with Crippen molar-refractivity contribution in [3.05, 3.63) is 57.8 Å². The predicted molar refractivity (Wildman–Crippen MR) is 114 cm³/mol. The van der Waals surface area contributed by atoms with Gasteiger partial charge in [-0.3, -0.25) is 20.2 Å². The van der Waals surface area contributed by atoms with E-state index in [0.29, 0.717) is 16.5 Å². The number of furan rings is 1. The van der Waals surface area contributed by atoms with Crippen molar-refractivity contribution >= 4 is 39.3 Å². The van der Waals surface area contributed by atoms with E-state index in [4.69, 9.17) is 4.42 Å². The number of hydrogen-bond acceptors (Lipinski definition) is 9. The molecular weight excluding hydrogens is 420 g/mol. The molecule has 4 rings (SSSR count). The monoisotopic (exact) mass is 436 g/mol. The normalized spacial score (nSPS) is 13.8. The van der Waals surface area contributed by atoms with Gasteiger partial charge in [-0.2, -0.15) is 5.26 Å². The maximum atomic E-state index is 12.5. The van der Waals surface area contributed by atoms with Crippen LogP contribution in [-0.4, -0.2) is 34.1 Å². The standard InChI is InChI=1S/C20H16N6O4S/c21-12-14(18(27)22-19-23-24-20(31-19)25-8-1-2-9-25)11-16-6-7-17(30-16)13-4-3-5-15(10-13)26(28)29/h3-7,10-11H,1-2,8-9H2,(H,22,23,27). The van der Waals surface area contributed by atoms with Crippen LogP contribution in [0.4, 0.5) is 16.0 Å². The molecule has 0 spiro atoms. The first-order chi connectivity index (χ1) is 15.0. The molecule has 1 saturated heterocycles. The van der Waals surface area contributed by atoms with E-state index in [0.717, 1.165) is 31.1 Å². The fraction of sp³-hybridized carbons (Fsp3) is 0.200. The van der Waals surface area contributed by atoms with E-state index in [9.17, 15) is 20.2 Å². The molecule has 31 heavy (non-hydrogen) atoms. The van der Waals surface area contributed by atoms with E-state index < -0.39 is 10.8 Å². The Hall–Kier alpha value is -4.04. The first-order valence-corrected chi connectivity index (χ1v) is 10.2. The van der Waals surface area contributed by atoms with E-state index in [1.54, 1.807) is 24.3 Å². The minimum atomic E-state index is -0.625. The molecule has 10 nitrogen and oxygen atoms in total. The minimum Gasteiger partial charge on any atom is -0.457 e. The van der Waals surface area contributed by atoms with Crippen LogP contribution in [0.5, 0.6) is 0 Å². The Morgan fingerprint density at radius 3 is 2.84 bits per heavy atom. The first-order valence-electron chi connectivity index (χ1n) is 9.40. The maximum Gasteiger partial charge on any atom is 0.270 e. The molecule has 0 unspecified atom stereocenters. The summed E-state index contributed by atoms with van der Waals surface area (Å²) in [5.74, 6) is 0.0233. The molecule has 1 amide bonds. The Balaban J connectivity index is 1.48. The summed E-state index contributed by atoms with van der Waals surface area (Å²) < 4.78 is 5.65. The Morgan fingerprint density at radius 1 is 1.29 bits per heavy atom. The predicted octanol–water partition coefficient (Wildman–Crippen LogP) is 3.85. The Kier molecular flexibility index (Phi) is 5.72. The van der Waals surface area contributed by atoms with E-state index in [2.05, 4.69) is 20.4 Å². The van der Waals surface area contributed by atoms with Gasteiger partial charge in [-0.15, -0.1) is 10.2 Å². The van der Waals surface area contributed by atoms with Gasteiger partial charge in [0.15, 0.2) is 0 Å². The number of anilines is 2. The van der Waals surface area contributed by atoms with Gasteiger partial charge in [-0.25, -0.2) is 0 Å². The Bertz CT molecular complexity index is 1200. The lowest BCUT2D eigenvalue weighted by atomic mass is 10.1. The lowest BCUT2D eigenvalue weighted by Gasteiger charge is -2.10. The number of hydrogen-bond donors (Lipinski definition) is 1. The van der Waals surface area contributed by atoms with Crippen molar-refractivity contribution < 1.29 is 14.1 Å². The van der Waals surface area contributed by atoms with Crippen LogP contribution in [0.25, 0.3) is 17.4 Å². The molecule has 0 saturated carbocycles. The number of nitrogens with zero attached hydrogens (tertiary/aromatic N) is 5. The van der Waals surface area contributed by atoms with Crippen LogP contribution in [0, 0.1) is 21.4 Å². The van der Waals surface area contributed by atoms with Crippen molar-refractivity contribution in [1.29, 1.82) is 5.26 Å². The highest BCUT2D eigenvalue weighted by molar-refractivity contribution is 7.19. The molecule has 3 aromatic rings. The number of benzene rings is 1. The number of aromatic nitrogens is 2. The molecule has 2 aromatic heterocycles. The van der Waals surface area contributed by atoms with Gasteiger partial charge in [0.2, 0.25) is 10.3 Å². The summed E-state index contributed by atoms with van der Waals surface area (Å²) in [7, 11) is 0. The molecule has 0 bridgehead atoms. The molecule has 1 fully saturated rings. The number of nitriles is 1. The van der Waals surface area contributed by atoms with Crippen molar-refractivity contribution in [2.75, 3.05) is 23.3 Å². The number of carbonyl (C=O) groups excluding carboxylic acids is 1. The quantitative estimate of drug-likeness (QED) is 0.266. The third kappa shape index (κ3) is 4.59. The number of rotatable bonds is 6. The van der Waals surface area contributed by atoms with Crippen LogP contribution < -0.4 is 10.2 Å². The molecule has 156 valence electrons. The number of non-ortho nitro benzene ring substituents is 1. The average molecular weight is 436 g/mol. The highest BCUT2D eigenvalue weighted by Crippen LogP contribution is 2.28. The van der Waals surface area contributed by atoms with Gasteiger partial charge in [0.05, 0.1) is 4.92 Å². The summed E-state index contributed by atoms with van der Waals surface area (Å²) in [6, 6.07) is 11.0. The summed E-state index contributed by atoms with van der Waals surface area (Å²) in [6.07, 6.45) is 3.51. The van der Waals surface area contributed by atoms with Crippen molar-refractivity contribution in [3.8, 4) is 17.4 Å². The summed E-state index contributed by atoms with van der Waals surface area (Å²) in [4.78, 5) is 25.0. The molecule has 1 aliphatic heterocycles. The van der Waals surface area contributed by atoms with Gasteiger partial charge < -0.3 is 9.32 Å². The van der Waals surface area contributed by atoms with Crippen molar-refractivity contribution in [1.82, 2.24) is 10.2 Å². The molecule has 0 radical (unpaired) electrons. The second kappa shape index (κ2) is 8.76. The van der Waals surface area contributed by atoms with Crippen LogP contribution in [-0.2, 0) is 4.79 Å². The second-order valence-corrected chi connectivity index (χ2v) is 7.67. The van der Waals surface area contributed by atoms with E-state index in [1.807, 2.05) is 6.07 Å². The molecule has 1 aliphatic rings. The van der Waals surface area contributed by atoms with Crippen LogP contribution in [0.3, 0.4) is 0 Å². The summed E-state index contributed by atoms with van der Waals surface area (Å²) in [5, 5.41) is 32.0. The smallest absolute Gasteiger partial charge is 0.270 e. The zero-order valence-electron chi connectivity index (χ0n) is 16.1. The SMILES string of the molecule is N#CC(=Cc1ccc(-c2cccc([N+](=O)[O-])c2)o1)C(=O)Nc1nnc(N2CCCC2)s1. The minimum absolute atomic E-state index is 0.0616. The van der Waals surface area contributed by atoms with Gasteiger partial charge in [0.1, 0.15) is 23.2 Å². The fourth-order valence-corrected chi connectivity index (χ4v) is 3.91. The second-order valence-electron chi connectivity index (χ2n) is 6.72. The number of amides is 1. The molecular formula is C20H16N6O4S. The highest BCUT2D eigenvalue weighted by atomic mass is 32.1. The molecule has 1 aromatic carbocycles. The van der Waals surface area contributed by atoms with Gasteiger partial charge in [0.25, 0.3) is 11.6 Å². The van der Waals surface area contributed by atoms with Crippen LogP contribution in [0.15, 0.2) is 46.4 Å².